The third-order valence-corrected chi connectivity index (χ3v) is 4.28. The van der Waals surface area contributed by atoms with Crippen LogP contribution in [0, 0.1) is 11.2 Å². The maximum Gasteiger partial charge on any atom is 0.142 e. The summed E-state index contributed by atoms with van der Waals surface area (Å²) in [5.41, 5.74) is 1.05. The van der Waals surface area contributed by atoms with Crippen molar-refractivity contribution in [2.45, 2.75) is 25.7 Å². The van der Waals surface area contributed by atoms with Crippen LogP contribution in [-0.4, -0.2) is 5.88 Å². The monoisotopic (exact) mass is 246 g/mol. The van der Waals surface area contributed by atoms with E-state index in [1.807, 2.05) is 6.07 Å². The summed E-state index contributed by atoms with van der Waals surface area (Å²) in [5, 5.41) is 0.258. The highest BCUT2D eigenvalue weighted by Crippen LogP contribution is 2.45. The summed E-state index contributed by atoms with van der Waals surface area (Å²) in [4.78, 5) is 0. The van der Waals surface area contributed by atoms with Crippen LogP contribution in [0.15, 0.2) is 18.2 Å². The minimum Gasteiger partial charge on any atom is -0.205 e. The van der Waals surface area contributed by atoms with E-state index in [0.717, 1.165) is 24.8 Å². The van der Waals surface area contributed by atoms with Gasteiger partial charge >= 0.3 is 0 Å². The SMILES string of the molecule is Fc1cccc(CC2(CCl)CCC2)c1Cl. The number of hydrogen-bond acceptors (Lipinski definition) is 0. The molecule has 1 fully saturated rings. The molecule has 0 amide bonds. The van der Waals surface area contributed by atoms with E-state index in [1.54, 1.807) is 6.07 Å². The molecule has 15 heavy (non-hydrogen) atoms. The maximum atomic E-state index is 13.2. The van der Waals surface area contributed by atoms with E-state index in [2.05, 4.69) is 0 Å². The normalized spacial score (nSPS) is 18.6. The molecular weight excluding hydrogens is 234 g/mol. The lowest BCUT2D eigenvalue weighted by Crippen LogP contribution is -2.33. The number of rotatable bonds is 3. The van der Waals surface area contributed by atoms with Crippen molar-refractivity contribution in [3.8, 4) is 0 Å². The first-order chi connectivity index (χ1) is 7.17. The van der Waals surface area contributed by atoms with Gasteiger partial charge in [0.15, 0.2) is 0 Å². The average Bonchev–Trinajstić information content (AvgIpc) is 2.18. The van der Waals surface area contributed by atoms with E-state index < -0.39 is 0 Å². The predicted octanol–water partition coefficient (Wildman–Crippen LogP) is 4.43. The van der Waals surface area contributed by atoms with Crippen LogP contribution in [0.25, 0.3) is 0 Å². The van der Waals surface area contributed by atoms with E-state index in [-0.39, 0.29) is 16.3 Å². The van der Waals surface area contributed by atoms with Gasteiger partial charge in [-0.1, -0.05) is 30.2 Å². The Morgan fingerprint density at radius 1 is 1.33 bits per heavy atom. The van der Waals surface area contributed by atoms with Gasteiger partial charge in [-0.15, -0.1) is 11.6 Å². The fraction of sp³-hybridized carbons (Fsp3) is 0.500. The van der Waals surface area contributed by atoms with Crippen LogP contribution in [0.3, 0.4) is 0 Å². The first-order valence-electron chi connectivity index (χ1n) is 5.16. The Bertz CT molecular complexity index is 353. The molecule has 0 nitrogen and oxygen atoms in total. The van der Waals surface area contributed by atoms with Gasteiger partial charge in [0.1, 0.15) is 5.82 Å². The van der Waals surface area contributed by atoms with Gasteiger partial charge in [-0.05, 0) is 36.3 Å². The molecule has 1 aliphatic rings. The Labute approximate surface area is 99.4 Å². The predicted molar refractivity (Wildman–Crippen MR) is 62.1 cm³/mol. The van der Waals surface area contributed by atoms with Gasteiger partial charge < -0.3 is 0 Å². The summed E-state index contributed by atoms with van der Waals surface area (Å²) < 4.78 is 13.2. The Hall–Kier alpha value is -0.270. The first-order valence-corrected chi connectivity index (χ1v) is 6.07. The standard InChI is InChI=1S/C12H13Cl2F/c13-8-12(5-2-6-12)7-9-3-1-4-10(15)11(9)14/h1,3-4H,2,5-8H2. The minimum absolute atomic E-state index is 0.166. The van der Waals surface area contributed by atoms with Crippen LogP contribution in [0.1, 0.15) is 24.8 Å². The number of benzene rings is 1. The number of alkyl halides is 1. The van der Waals surface area contributed by atoms with Gasteiger partial charge in [0.05, 0.1) is 5.02 Å². The molecule has 1 aliphatic carbocycles. The van der Waals surface area contributed by atoms with Crippen molar-refractivity contribution in [2.75, 3.05) is 5.88 Å². The van der Waals surface area contributed by atoms with Crippen LogP contribution in [0.2, 0.25) is 5.02 Å². The molecule has 0 radical (unpaired) electrons. The molecule has 1 aromatic rings. The molecular formula is C12H13Cl2F. The van der Waals surface area contributed by atoms with E-state index in [0.29, 0.717) is 5.88 Å². The quantitative estimate of drug-likeness (QED) is 0.693. The second kappa shape index (κ2) is 4.31. The van der Waals surface area contributed by atoms with E-state index >= 15 is 0 Å². The first kappa shape index (κ1) is 11.2. The van der Waals surface area contributed by atoms with Crippen molar-refractivity contribution >= 4 is 23.2 Å². The van der Waals surface area contributed by atoms with Crippen molar-refractivity contribution in [2.24, 2.45) is 5.41 Å². The Kier molecular flexibility index (Phi) is 3.22. The zero-order chi connectivity index (χ0) is 10.9. The largest absolute Gasteiger partial charge is 0.205 e. The van der Waals surface area contributed by atoms with Crippen molar-refractivity contribution in [1.82, 2.24) is 0 Å². The molecule has 2 rings (SSSR count). The summed E-state index contributed by atoms with van der Waals surface area (Å²) in [6, 6.07) is 4.98. The van der Waals surface area contributed by atoms with Crippen molar-refractivity contribution < 1.29 is 4.39 Å². The second-order valence-electron chi connectivity index (χ2n) is 4.38. The molecule has 0 atom stereocenters. The molecule has 0 aliphatic heterocycles. The summed E-state index contributed by atoms with van der Waals surface area (Å²) in [7, 11) is 0. The lowest BCUT2D eigenvalue weighted by Gasteiger charge is -2.40. The van der Waals surface area contributed by atoms with Gasteiger partial charge in [-0.25, -0.2) is 4.39 Å². The van der Waals surface area contributed by atoms with Gasteiger partial charge in [0, 0.05) is 5.88 Å². The van der Waals surface area contributed by atoms with Gasteiger partial charge in [0.25, 0.3) is 0 Å². The Morgan fingerprint density at radius 2 is 2.07 bits per heavy atom. The highest BCUT2D eigenvalue weighted by atomic mass is 35.5. The van der Waals surface area contributed by atoms with Gasteiger partial charge in [-0.3, -0.25) is 0 Å². The molecule has 0 unspecified atom stereocenters. The third kappa shape index (κ3) is 2.14. The van der Waals surface area contributed by atoms with Crippen LogP contribution in [-0.2, 0) is 6.42 Å². The topological polar surface area (TPSA) is 0 Å². The molecule has 0 aromatic heterocycles. The molecule has 82 valence electrons. The molecule has 0 heterocycles. The second-order valence-corrected chi connectivity index (χ2v) is 5.02. The van der Waals surface area contributed by atoms with Gasteiger partial charge in [0.2, 0.25) is 0 Å². The highest BCUT2D eigenvalue weighted by Gasteiger charge is 2.36. The highest BCUT2D eigenvalue weighted by molar-refractivity contribution is 6.31. The molecule has 0 N–H and O–H groups in total. The Balaban J connectivity index is 2.20. The maximum absolute atomic E-state index is 13.2. The fourth-order valence-corrected chi connectivity index (χ4v) is 2.68. The summed E-state index contributed by atoms with van der Waals surface area (Å²) in [5.74, 6) is 0.304. The lowest BCUT2D eigenvalue weighted by atomic mass is 9.67. The van der Waals surface area contributed by atoms with Crippen LogP contribution < -0.4 is 0 Å². The summed E-state index contributed by atoms with van der Waals surface area (Å²) >= 11 is 11.9. The van der Waals surface area contributed by atoms with Crippen molar-refractivity contribution in [3.05, 3.63) is 34.6 Å². The molecule has 1 saturated carbocycles. The average molecular weight is 247 g/mol. The van der Waals surface area contributed by atoms with Crippen LogP contribution >= 0.6 is 23.2 Å². The lowest BCUT2D eigenvalue weighted by molar-refractivity contribution is 0.166. The third-order valence-electron chi connectivity index (χ3n) is 3.29. The number of halogens is 3. The molecule has 3 heteroatoms. The zero-order valence-corrected chi connectivity index (χ0v) is 9.91. The summed E-state index contributed by atoms with van der Waals surface area (Å²) in [6.45, 7) is 0. The van der Waals surface area contributed by atoms with Gasteiger partial charge in [-0.2, -0.15) is 0 Å². The zero-order valence-electron chi connectivity index (χ0n) is 8.40. The van der Waals surface area contributed by atoms with Crippen LogP contribution in [0.5, 0.6) is 0 Å². The Morgan fingerprint density at radius 3 is 2.60 bits per heavy atom. The fourth-order valence-electron chi connectivity index (χ4n) is 2.12. The van der Waals surface area contributed by atoms with E-state index in [9.17, 15) is 4.39 Å². The van der Waals surface area contributed by atoms with Crippen molar-refractivity contribution in [1.29, 1.82) is 0 Å². The molecule has 0 spiro atoms. The number of hydrogen-bond donors (Lipinski definition) is 0. The molecule has 1 aromatic carbocycles. The van der Waals surface area contributed by atoms with Crippen molar-refractivity contribution in [3.63, 3.8) is 0 Å². The minimum atomic E-state index is -0.335. The molecule has 0 bridgehead atoms. The summed E-state index contributed by atoms with van der Waals surface area (Å²) in [6.07, 6.45) is 4.28. The van der Waals surface area contributed by atoms with E-state index in [1.165, 1.54) is 12.5 Å². The van der Waals surface area contributed by atoms with E-state index in [4.69, 9.17) is 23.2 Å². The molecule has 0 saturated heterocycles. The smallest absolute Gasteiger partial charge is 0.142 e. The van der Waals surface area contributed by atoms with Crippen LogP contribution in [0.4, 0.5) is 4.39 Å².